The molecule has 3 N–H and O–H groups in total. The molecule has 2 heterocycles. The van der Waals surface area contributed by atoms with Gasteiger partial charge in [-0.05, 0) is 13.0 Å². The Kier molecular flexibility index (Phi) is 3.58. The zero-order valence-electron chi connectivity index (χ0n) is 10.0. The van der Waals surface area contributed by atoms with E-state index in [2.05, 4.69) is 15.3 Å². The van der Waals surface area contributed by atoms with Crippen LogP contribution in [0.5, 0.6) is 0 Å². The molecule has 0 aliphatic carbocycles. The summed E-state index contributed by atoms with van der Waals surface area (Å²) in [6.45, 7) is 0.715. The van der Waals surface area contributed by atoms with Crippen molar-refractivity contribution in [1.29, 1.82) is 0 Å². The van der Waals surface area contributed by atoms with Crippen molar-refractivity contribution >= 4 is 11.2 Å². The third-order valence-electron chi connectivity index (χ3n) is 2.70. The monoisotopic (exact) mass is 253 g/mol. The molecule has 0 amide bonds. The highest BCUT2D eigenvalue weighted by Crippen LogP contribution is 1.98. The third kappa shape index (κ3) is 2.07. The predicted molar refractivity (Wildman–Crippen MR) is 65.3 cm³/mol. The summed E-state index contributed by atoms with van der Waals surface area (Å²) in [6, 6.07) is 0. The van der Waals surface area contributed by atoms with E-state index in [0.29, 0.717) is 24.1 Å². The van der Waals surface area contributed by atoms with Crippen molar-refractivity contribution in [2.75, 3.05) is 13.2 Å². The Morgan fingerprint density at radius 3 is 3.00 bits per heavy atom. The van der Waals surface area contributed by atoms with Crippen LogP contribution in [-0.2, 0) is 13.7 Å². The highest BCUT2D eigenvalue weighted by atomic mass is 16.3. The molecular formula is C10H15N5O3. The summed E-state index contributed by atoms with van der Waals surface area (Å²) in [5.74, 6) is 0. The lowest BCUT2D eigenvalue weighted by atomic mass is 10.4. The average molecular weight is 253 g/mol. The lowest BCUT2D eigenvalue weighted by Gasteiger charge is -2.08. The van der Waals surface area contributed by atoms with E-state index in [9.17, 15) is 9.59 Å². The fraction of sp³-hybridized carbons (Fsp3) is 0.500. The van der Waals surface area contributed by atoms with Crippen LogP contribution in [0.25, 0.3) is 11.2 Å². The summed E-state index contributed by atoms with van der Waals surface area (Å²) >= 11 is 0. The van der Waals surface area contributed by atoms with Gasteiger partial charge in [-0.2, -0.15) is 0 Å². The Bertz CT molecular complexity index is 654. The maximum absolute atomic E-state index is 12.0. The first-order valence-corrected chi connectivity index (χ1v) is 5.61. The molecule has 8 nitrogen and oxygen atoms in total. The summed E-state index contributed by atoms with van der Waals surface area (Å²) < 4.78 is 2.42. The molecule has 98 valence electrons. The second-order valence-corrected chi connectivity index (χ2v) is 3.91. The Labute approximate surface area is 102 Å². The Hall–Kier alpha value is -1.93. The number of H-pyrrole nitrogens is 1. The molecule has 0 radical (unpaired) electrons. The number of imidazole rings is 1. The van der Waals surface area contributed by atoms with Gasteiger partial charge in [0.25, 0.3) is 5.56 Å². The van der Waals surface area contributed by atoms with Gasteiger partial charge in [0.1, 0.15) is 5.52 Å². The molecule has 0 unspecified atom stereocenters. The van der Waals surface area contributed by atoms with E-state index in [1.165, 1.54) is 10.9 Å². The van der Waals surface area contributed by atoms with Gasteiger partial charge in [-0.15, -0.1) is 0 Å². The molecule has 0 aliphatic rings. The van der Waals surface area contributed by atoms with Gasteiger partial charge in [0.05, 0.1) is 13.0 Å². The third-order valence-corrected chi connectivity index (χ3v) is 2.70. The average Bonchev–Trinajstić information content (AvgIpc) is 2.85. The van der Waals surface area contributed by atoms with Gasteiger partial charge in [0.2, 0.25) is 0 Å². The molecule has 0 aliphatic heterocycles. The van der Waals surface area contributed by atoms with Crippen LogP contribution >= 0.6 is 0 Å². The normalized spacial score (nSPS) is 11.2. The smallest absolute Gasteiger partial charge is 0.333 e. The predicted octanol–water partition coefficient (Wildman–Crippen LogP) is -1.65. The molecule has 2 aromatic rings. The van der Waals surface area contributed by atoms with E-state index in [1.807, 2.05) is 0 Å². The van der Waals surface area contributed by atoms with Crippen LogP contribution in [-0.4, -0.2) is 37.4 Å². The number of aryl methyl sites for hydroxylation is 1. The molecule has 0 saturated heterocycles. The second kappa shape index (κ2) is 5.15. The van der Waals surface area contributed by atoms with E-state index in [-0.39, 0.29) is 13.3 Å². The minimum absolute atomic E-state index is 0.0689. The number of aliphatic hydroxyl groups is 1. The van der Waals surface area contributed by atoms with Gasteiger partial charge >= 0.3 is 5.69 Å². The summed E-state index contributed by atoms with van der Waals surface area (Å²) in [7, 11) is 1.56. The van der Waals surface area contributed by atoms with E-state index >= 15 is 0 Å². The van der Waals surface area contributed by atoms with E-state index in [0.717, 1.165) is 4.57 Å². The van der Waals surface area contributed by atoms with Crippen LogP contribution in [0.4, 0.5) is 0 Å². The van der Waals surface area contributed by atoms with Crippen molar-refractivity contribution in [2.24, 2.45) is 7.05 Å². The number of nitrogens with zero attached hydrogens (tertiary/aromatic N) is 3. The molecule has 8 heteroatoms. The standard InChI is InChI=1S/C10H15N5O3/c1-14-8-7(12-5-13-8)9(17)15(10(14)18)6-11-3-2-4-16/h5,11,16H,2-4,6H2,1H3,(H,12,13). The number of aliphatic hydroxyl groups excluding tert-OH is 1. The first-order chi connectivity index (χ1) is 8.66. The molecule has 2 aromatic heterocycles. The lowest BCUT2D eigenvalue weighted by Crippen LogP contribution is -2.42. The van der Waals surface area contributed by atoms with Crippen LogP contribution in [0, 0.1) is 0 Å². The van der Waals surface area contributed by atoms with Gasteiger partial charge < -0.3 is 10.1 Å². The zero-order chi connectivity index (χ0) is 13.1. The van der Waals surface area contributed by atoms with Crippen LogP contribution in [0.1, 0.15) is 6.42 Å². The van der Waals surface area contributed by atoms with Crippen molar-refractivity contribution in [3.63, 3.8) is 0 Å². The quantitative estimate of drug-likeness (QED) is 0.554. The van der Waals surface area contributed by atoms with Gasteiger partial charge in [-0.3, -0.25) is 14.7 Å². The van der Waals surface area contributed by atoms with E-state index < -0.39 is 11.2 Å². The number of hydrogen-bond donors (Lipinski definition) is 3. The van der Waals surface area contributed by atoms with Gasteiger partial charge in [0.15, 0.2) is 5.65 Å². The molecule has 2 rings (SSSR count). The van der Waals surface area contributed by atoms with Crippen LogP contribution < -0.4 is 16.6 Å². The maximum Gasteiger partial charge on any atom is 0.333 e. The van der Waals surface area contributed by atoms with Crippen LogP contribution in [0.2, 0.25) is 0 Å². The first kappa shape index (κ1) is 12.5. The molecule has 0 fully saturated rings. The molecule has 0 aromatic carbocycles. The number of aromatic nitrogens is 4. The number of aromatic amines is 1. The molecule has 0 atom stereocenters. The van der Waals surface area contributed by atoms with Gasteiger partial charge in [0, 0.05) is 13.7 Å². The van der Waals surface area contributed by atoms with Crippen molar-refractivity contribution in [3.05, 3.63) is 27.2 Å². The fourth-order valence-corrected chi connectivity index (χ4v) is 1.73. The largest absolute Gasteiger partial charge is 0.396 e. The van der Waals surface area contributed by atoms with Crippen molar-refractivity contribution < 1.29 is 5.11 Å². The fourth-order valence-electron chi connectivity index (χ4n) is 1.73. The Balaban J connectivity index is 2.38. The number of fused-ring (bicyclic) bond motifs is 1. The minimum Gasteiger partial charge on any atom is -0.396 e. The number of hydrogen-bond acceptors (Lipinski definition) is 5. The Morgan fingerprint density at radius 2 is 2.28 bits per heavy atom. The van der Waals surface area contributed by atoms with Crippen LogP contribution in [0.3, 0.4) is 0 Å². The number of nitrogens with one attached hydrogen (secondary N) is 2. The van der Waals surface area contributed by atoms with E-state index in [1.54, 1.807) is 7.05 Å². The van der Waals surface area contributed by atoms with Crippen LogP contribution in [0.15, 0.2) is 15.9 Å². The summed E-state index contributed by atoms with van der Waals surface area (Å²) in [5, 5.41) is 11.6. The molecule has 0 bridgehead atoms. The lowest BCUT2D eigenvalue weighted by molar-refractivity contribution is 0.283. The van der Waals surface area contributed by atoms with Crippen molar-refractivity contribution in [3.8, 4) is 0 Å². The topological polar surface area (TPSA) is 105 Å². The highest BCUT2D eigenvalue weighted by Gasteiger charge is 2.11. The SMILES string of the molecule is Cn1c(=O)n(CNCCCO)c(=O)c2[nH]cnc21. The molecule has 0 spiro atoms. The maximum atomic E-state index is 12.0. The number of rotatable bonds is 5. The first-order valence-electron chi connectivity index (χ1n) is 5.61. The summed E-state index contributed by atoms with van der Waals surface area (Å²) in [5.41, 5.74) is -0.170. The summed E-state index contributed by atoms with van der Waals surface area (Å²) in [4.78, 5) is 30.6. The van der Waals surface area contributed by atoms with Gasteiger partial charge in [-0.25, -0.2) is 14.3 Å². The Morgan fingerprint density at radius 1 is 1.50 bits per heavy atom. The summed E-state index contributed by atoms with van der Waals surface area (Å²) in [6.07, 6.45) is 1.95. The molecular weight excluding hydrogens is 238 g/mol. The molecule has 0 saturated carbocycles. The van der Waals surface area contributed by atoms with Gasteiger partial charge in [-0.1, -0.05) is 0 Å². The zero-order valence-corrected chi connectivity index (χ0v) is 10.0. The molecule has 18 heavy (non-hydrogen) atoms. The highest BCUT2D eigenvalue weighted by molar-refractivity contribution is 5.68. The van der Waals surface area contributed by atoms with Crippen molar-refractivity contribution in [1.82, 2.24) is 24.4 Å². The second-order valence-electron chi connectivity index (χ2n) is 3.91. The van der Waals surface area contributed by atoms with E-state index in [4.69, 9.17) is 5.11 Å². The minimum atomic E-state index is -0.420. The van der Waals surface area contributed by atoms with Crippen molar-refractivity contribution in [2.45, 2.75) is 13.1 Å².